The molecule has 0 saturated heterocycles. The largest absolute Gasteiger partial charge is 0.488 e. The van der Waals surface area contributed by atoms with E-state index in [2.05, 4.69) is 0 Å². The highest BCUT2D eigenvalue weighted by Crippen LogP contribution is 2.26. The van der Waals surface area contributed by atoms with E-state index < -0.39 is 5.24 Å². The summed E-state index contributed by atoms with van der Waals surface area (Å²) in [6, 6.07) is 7.88. The second-order valence-electron chi connectivity index (χ2n) is 4.70. The maximum absolute atomic E-state index is 13.6. The van der Waals surface area contributed by atoms with Crippen LogP contribution in [0.25, 0.3) is 0 Å². The normalized spacial score (nSPS) is 10.5. The molecule has 2 nitrogen and oxygen atoms in total. The van der Waals surface area contributed by atoms with Crippen LogP contribution >= 0.6 is 23.2 Å². The third kappa shape index (κ3) is 3.55. The maximum atomic E-state index is 13.6. The summed E-state index contributed by atoms with van der Waals surface area (Å²) in [5.74, 6) is 0.0643. The van der Waals surface area contributed by atoms with E-state index in [1.807, 2.05) is 6.92 Å². The molecule has 0 heterocycles. The maximum Gasteiger partial charge on any atom is 0.252 e. The van der Waals surface area contributed by atoms with Crippen molar-refractivity contribution in [2.75, 3.05) is 0 Å². The molecule has 0 atom stereocenters. The van der Waals surface area contributed by atoms with Crippen molar-refractivity contribution in [2.24, 2.45) is 0 Å². The van der Waals surface area contributed by atoms with Gasteiger partial charge >= 0.3 is 0 Å². The molecule has 0 fully saturated rings. The minimum atomic E-state index is -0.608. The van der Waals surface area contributed by atoms with Gasteiger partial charge in [0.2, 0.25) is 0 Å². The van der Waals surface area contributed by atoms with E-state index in [0.717, 1.165) is 5.56 Å². The predicted octanol–water partition coefficient (Wildman–Crippen LogP) is 5.05. The van der Waals surface area contributed by atoms with Crippen LogP contribution in [0, 0.1) is 19.7 Å². The molecular weight excluding hydrogens is 314 g/mol. The lowest BCUT2D eigenvalue weighted by molar-refractivity contribution is 0.107. The Bertz CT molecular complexity index is 699. The second-order valence-corrected chi connectivity index (χ2v) is 5.45. The number of ether oxygens (including phenoxy) is 1. The Morgan fingerprint density at radius 2 is 1.95 bits per heavy atom. The van der Waals surface area contributed by atoms with E-state index >= 15 is 0 Å². The summed E-state index contributed by atoms with van der Waals surface area (Å²) in [5.41, 5.74) is 2.13. The first-order chi connectivity index (χ1) is 9.90. The van der Waals surface area contributed by atoms with Gasteiger partial charge in [-0.15, -0.1) is 0 Å². The Morgan fingerprint density at radius 1 is 1.24 bits per heavy atom. The highest BCUT2D eigenvalue weighted by Gasteiger charge is 2.14. The first-order valence-electron chi connectivity index (χ1n) is 6.27. The molecule has 0 N–H and O–H groups in total. The fraction of sp³-hybridized carbons (Fsp3) is 0.188. The van der Waals surface area contributed by atoms with E-state index in [1.165, 1.54) is 6.07 Å². The molecule has 2 aromatic rings. The van der Waals surface area contributed by atoms with E-state index in [0.29, 0.717) is 21.9 Å². The van der Waals surface area contributed by atoms with Gasteiger partial charge < -0.3 is 4.74 Å². The van der Waals surface area contributed by atoms with Gasteiger partial charge in [0.25, 0.3) is 5.24 Å². The SMILES string of the molecule is Cc1cc(C)c(OCc2c(Cl)cccc2C(=O)Cl)cc1F. The van der Waals surface area contributed by atoms with Crippen molar-refractivity contribution in [3.05, 3.63) is 63.4 Å². The quantitative estimate of drug-likeness (QED) is 0.734. The number of hydrogen-bond acceptors (Lipinski definition) is 2. The summed E-state index contributed by atoms with van der Waals surface area (Å²) in [5, 5.41) is -0.227. The molecule has 0 aromatic heterocycles. The molecule has 5 heteroatoms. The number of carbonyl (C=O) groups is 1. The van der Waals surface area contributed by atoms with Crippen LogP contribution in [0.2, 0.25) is 5.02 Å². The van der Waals surface area contributed by atoms with Crippen LogP contribution in [-0.2, 0) is 6.61 Å². The highest BCUT2D eigenvalue weighted by molar-refractivity contribution is 6.68. The molecule has 0 saturated carbocycles. The van der Waals surface area contributed by atoms with Crippen molar-refractivity contribution in [3.63, 3.8) is 0 Å². The molecule has 110 valence electrons. The van der Waals surface area contributed by atoms with E-state index in [9.17, 15) is 9.18 Å². The third-order valence-electron chi connectivity index (χ3n) is 3.16. The van der Waals surface area contributed by atoms with Gasteiger partial charge in [0, 0.05) is 22.2 Å². The van der Waals surface area contributed by atoms with Crippen LogP contribution in [0.15, 0.2) is 30.3 Å². The average Bonchev–Trinajstić information content (AvgIpc) is 2.42. The summed E-state index contributed by atoms with van der Waals surface area (Å²) in [6.07, 6.45) is 0. The van der Waals surface area contributed by atoms with Crippen molar-refractivity contribution >= 4 is 28.4 Å². The molecular formula is C16H13Cl2FO2. The Hall–Kier alpha value is -1.58. The number of halogens is 3. The number of rotatable bonds is 4. The van der Waals surface area contributed by atoms with Crippen molar-refractivity contribution in [2.45, 2.75) is 20.5 Å². The van der Waals surface area contributed by atoms with Crippen LogP contribution in [0.4, 0.5) is 4.39 Å². The lowest BCUT2D eigenvalue weighted by atomic mass is 10.1. The first kappa shape index (κ1) is 15.8. The summed E-state index contributed by atoms with van der Waals surface area (Å²) >= 11 is 11.6. The summed E-state index contributed by atoms with van der Waals surface area (Å²) in [7, 11) is 0. The molecule has 0 unspecified atom stereocenters. The van der Waals surface area contributed by atoms with Gasteiger partial charge in [0.1, 0.15) is 18.2 Å². The number of hydrogen-bond donors (Lipinski definition) is 0. The smallest absolute Gasteiger partial charge is 0.252 e. The first-order valence-corrected chi connectivity index (χ1v) is 7.02. The minimum absolute atomic E-state index is 0.0385. The second kappa shape index (κ2) is 6.46. The van der Waals surface area contributed by atoms with Gasteiger partial charge in [-0.05, 0) is 54.8 Å². The fourth-order valence-electron chi connectivity index (χ4n) is 2.00. The molecule has 2 aromatic carbocycles. The number of carbonyl (C=O) groups excluding carboxylic acids is 1. The lowest BCUT2D eigenvalue weighted by Gasteiger charge is -2.13. The van der Waals surface area contributed by atoms with Crippen LogP contribution in [-0.4, -0.2) is 5.24 Å². The third-order valence-corrected chi connectivity index (χ3v) is 3.72. The zero-order valence-corrected chi connectivity index (χ0v) is 13.1. The Morgan fingerprint density at radius 3 is 2.62 bits per heavy atom. The fourth-order valence-corrected chi connectivity index (χ4v) is 2.41. The van der Waals surface area contributed by atoms with Crippen LogP contribution in [0.1, 0.15) is 27.0 Å². The molecule has 0 aliphatic heterocycles. The topological polar surface area (TPSA) is 26.3 Å². The van der Waals surface area contributed by atoms with E-state index in [4.69, 9.17) is 27.9 Å². The summed E-state index contributed by atoms with van der Waals surface area (Å²) in [4.78, 5) is 11.4. The van der Waals surface area contributed by atoms with E-state index in [-0.39, 0.29) is 18.0 Å². The highest BCUT2D eigenvalue weighted by atomic mass is 35.5. The van der Waals surface area contributed by atoms with Gasteiger partial charge in [0.15, 0.2) is 0 Å². The molecule has 0 bridgehead atoms. The number of aryl methyl sites for hydroxylation is 2. The minimum Gasteiger partial charge on any atom is -0.488 e. The Balaban J connectivity index is 2.29. The van der Waals surface area contributed by atoms with Crippen LogP contribution in [0.3, 0.4) is 0 Å². The summed E-state index contributed by atoms with van der Waals surface area (Å²) in [6.45, 7) is 3.54. The van der Waals surface area contributed by atoms with Gasteiger partial charge in [0.05, 0.1) is 0 Å². The molecule has 0 aliphatic rings. The zero-order chi connectivity index (χ0) is 15.6. The lowest BCUT2D eigenvalue weighted by Crippen LogP contribution is -2.04. The predicted molar refractivity (Wildman–Crippen MR) is 81.8 cm³/mol. The molecule has 2 rings (SSSR count). The van der Waals surface area contributed by atoms with E-state index in [1.54, 1.807) is 31.2 Å². The van der Waals surface area contributed by atoms with Gasteiger partial charge in [-0.3, -0.25) is 4.79 Å². The van der Waals surface area contributed by atoms with Gasteiger partial charge in [-0.25, -0.2) is 4.39 Å². The van der Waals surface area contributed by atoms with Gasteiger partial charge in [-0.2, -0.15) is 0 Å². The standard InChI is InChI=1S/C16H13Cl2FO2/c1-9-6-10(2)15(7-14(9)19)21-8-12-11(16(18)20)4-3-5-13(12)17/h3-7H,8H2,1-2H3. The molecule has 0 spiro atoms. The van der Waals surface area contributed by atoms with Crippen molar-refractivity contribution in [3.8, 4) is 5.75 Å². The molecule has 0 aliphatic carbocycles. The Kier molecular flexibility index (Phi) is 4.86. The van der Waals surface area contributed by atoms with Crippen molar-refractivity contribution in [1.82, 2.24) is 0 Å². The van der Waals surface area contributed by atoms with Crippen molar-refractivity contribution < 1.29 is 13.9 Å². The van der Waals surface area contributed by atoms with Crippen molar-refractivity contribution in [1.29, 1.82) is 0 Å². The van der Waals surface area contributed by atoms with Crippen LogP contribution in [0.5, 0.6) is 5.75 Å². The molecule has 0 amide bonds. The molecule has 21 heavy (non-hydrogen) atoms. The summed E-state index contributed by atoms with van der Waals surface area (Å²) < 4.78 is 19.2. The van der Waals surface area contributed by atoms with Crippen LogP contribution < -0.4 is 4.74 Å². The Labute approximate surface area is 132 Å². The zero-order valence-electron chi connectivity index (χ0n) is 11.5. The van der Waals surface area contributed by atoms with Gasteiger partial charge in [-0.1, -0.05) is 17.7 Å². The number of benzene rings is 2. The molecule has 0 radical (unpaired) electrons. The average molecular weight is 327 g/mol. The monoisotopic (exact) mass is 326 g/mol.